The van der Waals surface area contributed by atoms with Crippen LogP contribution in [0.5, 0.6) is 0 Å². The number of fused-ring (bicyclic) bond motifs is 1. The van der Waals surface area contributed by atoms with Crippen molar-refractivity contribution in [2.45, 2.75) is 19.8 Å². The molecule has 0 saturated heterocycles. The molecule has 0 radical (unpaired) electrons. The fraction of sp³-hybridized carbons (Fsp3) is 0.300. The van der Waals surface area contributed by atoms with Crippen molar-refractivity contribution in [3.63, 3.8) is 0 Å². The first-order chi connectivity index (χ1) is 6.18. The minimum absolute atomic E-state index is 0.501. The van der Waals surface area contributed by atoms with Gasteiger partial charge in [-0.1, -0.05) is 13.8 Å². The van der Waals surface area contributed by atoms with E-state index in [1.807, 2.05) is 6.07 Å². The Balaban J connectivity index is 2.70. The van der Waals surface area contributed by atoms with Gasteiger partial charge in [0.1, 0.15) is 0 Å². The summed E-state index contributed by atoms with van der Waals surface area (Å²) in [7, 11) is 0. The van der Waals surface area contributed by atoms with E-state index in [0.717, 1.165) is 16.6 Å². The monoisotopic (exact) mass is 175 g/mol. The second kappa shape index (κ2) is 2.76. The van der Waals surface area contributed by atoms with Gasteiger partial charge in [-0.05, 0) is 23.6 Å². The number of nitrogens with one attached hydrogen (secondary N) is 1. The third-order valence-electron chi connectivity index (χ3n) is 2.27. The van der Waals surface area contributed by atoms with Crippen molar-refractivity contribution in [2.24, 2.45) is 0 Å². The summed E-state index contributed by atoms with van der Waals surface area (Å²) in [6.07, 6.45) is 1.80. The average Bonchev–Trinajstić information content (AvgIpc) is 2.51. The molecule has 2 rings (SSSR count). The molecule has 0 aliphatic rings. The third kappa shape index (κ3) is 1.26. The summed E-state index contributed by atoms with van der Waals surface area (Å²) in [4.78, 5) is 0. The fourth-order valence-corrected chi connectivity index (χ4v) is 1.44. The molecule has 0 fully saturated rings. The van der Waals surface area contributed by atoms with E-state index in [1.54, 1.807) is 6.20 Å². The number of hydrogen-bond donors (Lipinski definition) is 2. The van der Waals surface area contributed by atoms with E-state index in [9.17, 15) is 0 Å². The van der Waals surface area contributed by atoms with E-state index in [4.69, 9.17) is 5.73 Å². The molecular weight excluding hydrogens is 162 g/mol. The number of nitrogen functional groups attached to an aromatic ring is 1. The second-order valence-corrected chi connectivity index (χ2v) is 3.60. The molecule has 0 atom stereocenters. The van der Waals surface area contributed by atoms with E-state index in [0.29, 0.717) is 5.92 Å². The number of nitrogens with zero attached hydrogens (tertiary/aromatic N) is 1. The lowest BCUT2D eigenvalue weighted by Crippen LogP contribution is -1.92. The number of benzene rings is 1. The van der Waals surface area contributed by atoms with E-state index in [1.165, 1.54) is 5.56 Å². The van der Waals surface area contributed by atoms with Crippen LogP contribution < -0.4 is 5.73 Å². The van der Waals surface area contributed by atoms with Crippen molar-refractivity contribution in [1.82, 2.24) is 10.2 Å². The van der Waals surface area contributed by atoms with Gasteiger partial charge >= 0.3 is 0 Å². The molecule has 1 heterocycles. The van der Waals surface area contributed by atoms with Crippen LogP contribution in [0.3, 0.4) is 0 Å². The highest BCUT2D eigenvalue weighted by Crippen LogP contribution is 2.24. The number of H-pyrrole nitrogens is 1. The van der Waals surface area contributed by atoms with Crippen molar-refractivity contribution in [3.05, 3.63) is 23.9 Å². The second-order valence-electron chi connectivity index (χ2n) is 3.60. The van der Waals surface area contributed by atoms with E-state index in [2.05, 4.69) is 30.1 Å². The van der Waals surface area contributed by atoms with Crippen molar-refractivity contribution in [1.29, 1.82) is 0 Å². The molecule has 0 amide bonds. The number of anilines is 1. The maximum absolute atomic E-state index is 5.87. The minimum Gasteiger partial charge on any atom is -0.397 e. The Morgan fingerprint density at radius 3 is 2.85 bits per heavy atom. The van der Waals surface area contributed by atoms with Crippen LogP contribution in [-0.2, 0) is 0 Å². The van der Waals surface area contributed by atoms with Gasteiger partial charge in [0.25, 0.3) is 0 Å². The SMILES string of the molecule is CC(C)c1cc(N)c2[nH]ncc2c1. The molecule has 3 nitrogen and oxygen atoms in total. The van der Waals surface area contributed by atoms with Crippen LogP contribution in [-0.4, -0.2) is 10.2 Å². The highest BCUT2D eigenvalue weighted by atomic mass is 15.1. The lowest BCUT2D eigenvalue weighted by atomic mass is 10.0. The van der Waals surface area contributed by atoms with Crippen LogP contribution in [0.25, 0.3) is 10.9 Å². The molecule has 0 bridgehead atoms. The van der Waals surface area contributed by atoms with Gasteiger partial charge in [-0.25, -0.2) is 0 Å². The standard InChI is InChI=1S/C10H13N3/c1-6(2)7-3-8-5-12-13-10(8)9(11)4-7/h3-6H,11H2,1-2H3,(H,12,13). The molecule has 13 heavy (non-hydrogen) atoms. The van der Waals surface area contributed by atoms with E-state index in [-0.39, 0.29) is 0 Å². The summed E-state index contributed by atoms with van der Waals surface area (Å²) in [5.74, 6) is 0.501. The Labute approximate surface area is 76.9 Å². The van der Waals surface area contributed by atoms with Gasteiger partial charge in [0.2, 0.25) is 0 Å². The summed E-state index contributed by atoms with van der Waals surface area (Å²) in [6, 6.07) is 4.13. The van der Waals surface area contributed by atoms with Crippen LogP contribution in [0.4, 0.5) is 5.69 Å². The summed E-state index contributed by atoms with van der Waals surface area (Å²) in [5, 5.41) is 7.92. The van der Waals surface area contributed by atoms with Crippen LogP contribution in [0.15, 0.2) is 18.3 Å². The Bertz CT molecular complexity index is 429. The topological polar surface area (TPSA) is 54.7 Å². The summed E-state index contributed by atoms with van der Waals surface area (Å²) < 4.78 is 0. The maximum atomic E-state index is 5.87. The molecule has 2 aromatic rings. The summed E-state index contributed by atoms with van der Waals surface area (Å²) in [5.41, 5.74) is 8.84. The van der Waals surface area contributed by atoms with E-state index < -0.39 is 0 Å². The van der Waals surface area contributed by atoms with E-state index >= 15 is 0 Å². The maximum Gasteiger partial charge on any atom is 0.0879 e. The third-order valence-corrected chi connectivity index (χ3v) is 2.27. The van der Waals surface area contributed by atoms with Gasteiger partial charge in [-0.3, -0.25) is 5.10 Å². The summed E-state index contributed by atoms with van der Waals surface area (Å²) in [6.45, 7) is 4.31. The van der Waals surface area contributed by atoms with Crippen molar-refractivity contribution in [2.75, 3.05) is 5.73 Å². The minimum atomic E-state index is 0.501. The van der Waals surface area contributed by atoms with Crippen molar-refractivity contribution in [3.8, 4) is 0 Å². The molecule has 3 N–H and O–H groups in total. The quantitative estimate of drug-likeness (QED) is 0.653. The average molecular weight is 175 g/mol. The number of hydrogen-bond acceptors (Lipinski definition) is 2. The molecule has 0 aliphatic heterocycles. The van der Waals surface area contributed by atoms with Gasteiger partial charge < -0.3 is 5.73 Å². The lowest BCUT2D eigenvalue weighted by molar-refractivity contribution is 0.869. The van der Waals surface area contributed by atoms with Crippen molar-refractivity contribution < 1.29 is 0 Å². The predicted molar refractivity (Wildman–Crippen MR) is 54.6 cm³/mol. The molecule has 3 heteroatoms. The Morgan fingerprint density at radius 2 is 2.15 bits per heavy atom. The van der Waals surface area contributed by atoms with Gasteiger partial charge in [0, 0.05) is 5.39 Å². The first-order valence-corrected chi connectivity index (χ1v) is 4.41. The molecule has 1 aromatic heterocycles. The number of rotatable bonds is 1. The highest BCUT2D eigenvalue weighted by molar-refractivity contribution is 5.89. The normalized spacial score (nSPS) is 11.3. The first kappa shape index (κ1) is 8.10. The smallest absolute Gasteiger partial charge is 0.0879 e. The molecular formula is C10H13N3. The van der Waals surface area contributed by atoms with Crippen LogP contribution in [0.2, 0.25) is 0 Å². The molecule has 68 valence electrons. The molecule has 0 saturated carbocycles. The van der Waals surface area contributed by atoms with Crippen LogP contribution in [0.1, 0.15) is 25.3 Å². The lowest BCUT2D eigenvalue weighted by Gasteiger charge is -2.06. The molecule has 0 unspecified atom stereocenters. The number of nitrogens with two attached hydrogens (primary N) is 1. The zero-order valence-electron chi connectivity index (χ0n) is 7.83. The van der Waals surface area contributed by atoms with Crippen molar-refractivity contribution >= 4 is 16.6 Å². The first-order valence-electron chi connectivity index (χ1n) is 4.41. The van der Waals surface area contributed by atoms with Gasteiger partial charge in [-0.2, -0.15) is 5.10 Å². The molecule has 0 spiro atoms. The molecule has 1 aromatic carbocycles. The summed E-state index contributed by atoms with van der Waals surface area (Å²) >= 11 is 0. The van der Waals surface area contributed by atoms with Gasteiger partial charge in [-0.15, -0.1) is 0 Å². The number of aromatic amines is 1. The zero-order valence-corrected chi connectivity index (χ0v) is 7.83. The van der Waals surface area contributed by atoms with Gasteiger partial charge in [0.15, 0.2) is 0 Å². The molecule has 0 aliphatic carbocycles. The Kier molecular flexibility index (Phi) is 1.72. The van der Waals surface area contributed by atoms with Crippen LogP contribution in [0, 0.1) is 0 Å². The highest BCUT2D eigenvalue weighted by Gasteiger charge is 2.05. The zero-order chi connectivity index (χ0) is 9.42. The number of aromatic nitrogens is 2. The van der Waals surface area contributed by atoms with Gasteiger partial charge in [0.05, 0.1) is 17.4 Å². The largest absolute Gasteiger partial charge is 0.397 e. The predicted octanol–water partition coefficient (Wildman–Crippen LogP) is 2.27. The Hall–Kier alpha value is -1.51. The fourth-order valence-electron chi connectivity index (χ4n) is 1.44. The Morgan fingerprint density at radius 1 is 1.38 bits per heavy atom. The van der Waals surface area contributed by atoms with Crippen LogP contribution >= 0.6 is 0 Å².